The Labute approximate surface area is 274 Å². The number of hydrogen-bond acceptors (Lipinski definition) is 0. The highest BCUT2D eigenvalue weighted by atomic mass is 19.2. The van der Waals surface area contributed by atoms with Crippen LogP contribution in [0.4, 0.5) is 17.6 Å². The summed E-state index contributed by atoms with van der Waals surface area (Å²) in [5, 5.41) is 0. The predicted molar refractivity (Wildman–Crippen MR) is 184 cm³/mol. The highest BCUT2D eigenvalue weighted by Crippen LogP contribution is 2.43. The van der Waals surface area contributed by atoms with Crippen molar-refractivity contribution in [3.63, 3.8) is 0 Å². The summed E-state index contributed by atoms with van der Waals surface area (Å²) in [5.41, 5.74) is 2.91. The lowest BCUT2D eigenvalue weighted by Crippen LogP contribution is -2.23. The van der Waals surface area contributed by atoms with Gasteiger partial charge in [0.1, 0.15) is 0 Å². The third-order valence-corrected chi connectivity index (χ3v) is 10.7. The molecule has 3 aromatic rings. The van der Waals surface area contributed by atoms with E-state index < -0.39 is 23.3 Å². The Morgan fingerprint density at radius 3 is 1.91 bits per heavy atom. The maximum Gasteiger partial charge on any atom is 0.167 e. The van der Waals surface area contributed by atoms with Crippen LogP contribution in [0, 0.1) is 41.0 Å². The number of rotatable bonds is 14. The normalized spacial score (nSPS) is 20.0. The molecule has 1 atom stereocenters. The second kappa shape index (κ2) is 16.6. The van der Waals surface area contributed by atoms with Crippen molar-refractivity contribution in [3.05, 3.63) is 102 Å². The monoisotopic (exact) mass is 630 g/mol. The van der Waals surface area contributed by atoms with Gasteiger partial charge in [0.2, 0.25) is 0 Å². The lowest BCUT2D eigenvalue weighted by Gasteiger charge is -2.35. The van der Waals surface area contributed by atoms with Crippen LogP contribution in [0.2, 0.25) is 0 Å². The summed E-state index contributed by atoms with van der Waals surface area (Å²) in [6.45, 7) is 5.95. The number of aryl methyl sites for hydroxylation is 1. The molecule has 1 fully saturated rings. The number of allylic oxidation sites excluding steroid dienone is 3. The molecule has 2 aliphatic rings. The van der Waals surface area contributed by atoms with Gasteiger partial charge in [0.15, 0.2) is 23.3 Å². The molecule has 0 saturated heterocycles. The van der Waals surface area contributed by atoms with Crippen molar-refractivity contribution in [1.29, 1.82) is 0 Å². The Morgan fingerprint density at radius 1 is 0.652 bits per heavy atom. The average molecular weight is 631 g/mol. The van der Waals surface area contributed by atoms with Crippen LogP contribution in [0.3, 0.4) is 0 Å². The standard InChI is InChI=1S/C42H50F4/c1-3-5-7-9-11-29-13-15-30(16-14-29)31-17-19-32(20-18-31)37-27-28-38(42(46)41(37)45)34-23-21-33(22-24-34)36-26-25-35(39(43)40(36)44)12-10-8-6-4-2/h4,19,21-31H,2-3,5-18,20H2,1H3. The van der Waals surface area contributed by atoms with Crippen LogP contribution in [-0.4, -0.2) is 0 Å². The molecule has 46 heavy (non-hydrogen) atoms. The van der Waals surface area contributed by atoms with E-state index in [4.69, 9.17) is 0 Å². The molecule has 0 N–H and O–H groups in total. The molecule has 246 valence electrons. The zero-order valence-electron chi connectivity index (χ0n) is 27.5. The van der Waals surface area contributed by atoms with Gasteiger partial charge in [-0.1, -0.05) is 113 Å². The van der Waals surface area contributed by atoms with Crippen LogP contribution in [0.1, 0.15) is 114 Å². The van der Waals surface area contributed by atoms with Crippen LogP contribution in [0.5, 0.6) is 0 Å². The summed E-state index contributed by atoms with van der Waals surface area (Å²) in [6, 6.07) is 13.1. The highest BCUT2D eigenvalue weighted by Gasteiger charge is 2.29. The first kappa shape index (κ1) is 34.2. The summed E-state index contributed by atoms with van der Waals surface area (Å²) in [6.07, 6.45) is 21.8. The molecule has 0 spiro atoms. The van der Waals surface area contributed by atoms with Gasteiger partial charge in [-0.05, 0) is 97.8 Å². The third kappa shape index (κ3) is 8.22. The topological polar surface area (TPSA) is 0 Å². The molecule has 4 heteroatoms. The van der Waals surface area contributed by atoms with Crippen molar-refractivity contribution >= 4 is 5.57 Å². The van der Waals surface area contributed by atoms with Crippen molar-refractivity contribution in [3.8, 4) is 22.3 Å². The Morgan fingerprint density at radius 2 is 1.28 bits per heavy atom. The number of hydrogen-bond donors (Lipinski definition) is 0. The van der Waals surface area contributed by atoms with Crippen molar-refractivity contribution in [1.82, 2.24) is 0 Å². The molecule has 0 nitrogen and oxygen atoms in total. The number of unbranched alkanes of at least 4 members (excludes halogenated alkanes) is 5. The fraction of sp³-hybridized carbons (Fsp3) is 0.476. The molecule has 0 aliphatic heterocycles. The van der Waals surface area contributed by atoms with Gasteiger partial charge in [0.05, 0.1) is 0 Å². The van der Waals surface area contributed by atoms with Gasteiger partial charge in [-0.2, -0.15) is 0 Å². The molecule has 0 radical (unpaired) electrons. The minimum atomic E-state index is -0.885. The Kier molecular flexibility index (Phi) is 12.4. The van der Waals surface area contributed by atoms with Crippen LogP contribution in [-0.2, 0) is 6.42 Å². The molecule has 2 aliphatic carbocycles. The first-order valence-corrected chi connectivity index (χ1v) is 17.8. The zero-order chi connectivity index (χ0) is 32.5. The van der Waals surface area contributed by atoms with Gasteiger partial charge in [0.25, 0.3) is 0 Å². The van der Waals surface area contributed by atoms with Gasteiger partial charge >= 0.3 is 0 Å². The summed E-state index contributed by atoms with van der Waals surface area (Å²) >= 11 is 0. The van der Waals surface area contributed by atoms with Crippen molar-refractivity contribution in [2.75, 3.05) is 0 Å². The van der Waals surface area contributed by atoms with Crippen LogP contribution in [0.25, 0.3) is 27.8 Å². The van der Waals surface area contributed by atoms with E-state index >= 15 is 8.78 Å². The number of benzene rings is 3. The molecule has 1 unspecified atom stereocenters. The lowest BCUT2D eigenvalue weighted by molar-refractivity contribution is 0.187. The van der Waals surface area contributed by atoms with Crippen molar-refractivity contribution in [2.24, 2.45) is 17.8 Å². The van der Waals surface area contributed by atoms with E-state index in [1.807, 2.05) is 6.08 Å². The Hall–Kier alpha value is -3.14. The van der Waals surface area contributed by atoms with Gasteiger partial charge < -0.3 is 0 Å². The van der Waals surface area contributed by atoms with Gasteiger partial charge in [-0.15, -0.1) is 6.58 Å². The van der Waals surface area contributed by atoms with E-state index in [9.17, 15) is 8.78 Å². The maximum atomic E-state index is 15.5. The fourth-order valence-electron chi connectivity index (χ4n) is 7.79. The molecule has 5 rings (SSSR count). The summed E-state index contributed by atoms with van der Waals surface area (Å²) in [4.78, 5) is 0. The molecule has 0 aromatic heterocycles. The molecule has 3 aromatic carbocycles. The Bertz CT molecular complexity index is 1480. The molecular formula is C42H50F4. The van der Waals surface area contributed by atoms with E-state index in [1.54, 1.807) is 48.5 Å². The lowest BCUT2D eigenvalue weighted by atomic mass is 9.70. The summed E-state index contributed by atoms with van der Waals surface area (Å²) in [5.74, 6) is -1.10. The molecule has 0 bridgehead atoms. The quantitative estimate of drug-likeness (QED) is 0.0944. The first-order chi connectivity index (χ1) is 22.4. The largest absolute Gasteiger partial charge is 0.203 e. The smallest absolute Gasteiger partial charge is 0.167 e. The minimum Gasteiger partial charge on any atom is -0.203 e. The summed E-state index contributed by atoms with van der Waals surface area (Å²) in [7, 11) is 0. The fourth-order valence-corrected chi connectivity index (χ4v) is 7.79. The van der Waals surface area contributed by atoms with Gasteiger partial charge in [0, 0.05) is 16.7 Å². The van der Waals surface area contributed by atoms with E-state index in [1.165, 1.54) is 57.8 Å². The van der Waals surface area contributed by atoms with Gasteiger partial charge in [-0.3, -0.25) is 0 Å². The SMILES string of the molecule is C=CCCCCc1ccc(-c2ccc(-c3ccc(C4=CCC(C5CCC(CCCCCC)CC5)CC4)c(F)c3F)cc2)c(F)c1F. The minimum absolute atomic E-state index is 0.152. The molecule has 0 amide bonds. The number of halogens is 4. The van der Waals surface area contributed by atoms with E-state index in [0.29, 0.717) is 34.6 Å². The summed E-state index contributed by atoms with van der Waals surface area (Å²) < 4.78 is 60.7. The molecular weight excluding hydrogens is 580 g/mol. The van der Waals surface area contributed by atoms with E-state index in [-0.39, 0.29) is 11.1 Å². The zero-order valence-corrected chi connectivity index (χ0v) is 27.5. The van der Waals surface area contributed by atoms with E-state index in [2.05, 4.69) is 19.6 Å². The molecule has 1 saturated carbocycles. The van der Waals surface area contributed by atoms with E-state index in [0.717, 1.165) is 55.9 Å². The highest BCUT2D eigenvalue weighted by molar-refractivity contribution is 5.74. The maximum absolute atomic E-state index is 15.5. The Balaban J connectivity index is 1.20. The first-order valence-electron chi connectivity index (χ1n) is 17.8. The van der Waals surface area contributed by atoms with Gasteiger partial charge in [-0.25, -0.2) is 17.6 Å². The molecule has 0 heterocycles. The second-order valence-electron chi connectivity index (χ2n) is 13.7. The van der Waals surface area contributed by atoms with Crippen LogP contribution < -0.4 is 0 Å². The second-order valence-corrected chi connectivity index (χ2v) is 13.7. The average Bonchev–Trinajstić information content (AvgIpc) is 3.09. The predicted octanol–water partition coefficient (Wildman–Crippen LogP) is 13.4. The third-order valence-electron chi connectivity index (χ3n) is 10.7. The van der Waals surface area contributed by atoms with Crippen LogP contribution in [0.15, 0.2) is 67.3 Å². The van der Waals surface area contributed by atoms with Crippen molar-refractivity contribution in [2.45, 2.75) is 110 Å². The van der Waals surface area contributed by atoms with Crippen LogP contribution >= 0.6 is 0 Å². The van der Waals surface area contributed by atoms with Crippen molar-refractivity contribution < 1.29 is 17.6 Å².